The number of hydrogen-bond donors (Lipinski definition) is 1. The molecule has 100 valence electrons. The Bertz CT molecular complexity index is 228. The first-order chi connectivity index (χ1) is 8.14. The smallest absolute Gasteiger partial charge is 0.0183 e. The Balaban J connectivity index is 1.87. The van der Waals surface area contributed by atoms with Gasteiger partial charge in [0.25, 0.3) is 0 Å². The predicted molar refractivity (Wildman–Crippen MR) is 74.9 cm³/mol. The molecule has 0 saturated heterocycles. The average Bonchev–Trinajstić information content (AvgIpc) is 2.33. The fraction of sp³-hybridized carbons (Fsp3) is 1.00. The van der Waals surface area contributed by atoms with Crippen LogP contribution in [0.4, 0.5) is 0 Å². The molecule has 2 N–H and O–H groups in total. The highest BCUT2D eigenvalue weighted by molar-refractivity contribution is 4.96. The summed E-state index contributed by atoms with van der Waals surface area (Å²) in [6, 6.07) is 0. The predicted octanol–water partition coefficient (Wildman–Crippen LogP) is 4.50. The highest BCUT2D eigenvalue weighted by Crippen LogP contribution is 2.43. The maximum absolute atomic E-state index is 6.75. The van der Waals surface area contributed by atoms with Crippen LogP contribution in [0, 0.1) is 17.8 Å². The second kappa shape index (κ2) is 5.73. The van der Waals surface area contributed by atoms with Gasteiger partial charge in [0, 0.05) is 5.54 Å². The van der Waals surface area contributed by atoms with E-state index >= 15 is 0 Å². The van der Waals surface area contributed by atoms with Gasteiger partial charge in [0.05, 0.1) is 0 Å². The van der Waals surface area contributed by atoms with Crippen molar-refractivity contribution in [2.45, 2.75) is 83.6 Å². The van der Waals surface area contributed by atoms with Crippen molar-refractivity contribution in [2.75, 3.05) is 0 Å². The first-order valence-corrected chi connectivity index (χ1v) is 7.93. The summed E-state index contributed by atoms with van der Waals surface area (Å²) in [6.07, 6.45) is 13.8. The van der Waals surface area contributed by atoms with E-state index in [-0.39, 0.29) is 5.54 Å². The molecule has 1 nitrogen and oxygen atoms in total. The number of rotatable bonds is 3. The quantitative estimate of drug-likeness (QED) is 0.768. The first kappa shape index (κ1) is 13.4. The third kappa shape index (κ3) is 3.24. The van der Waals surface area contributed by atoms with Crippen molar-refractivity contribution in [3.63, 3.8) is 0 Å². The van der Waals surface area contributed by atoms with Crippen molar-refractivity contribution in [3.05, 3.63) is 0 Å². The van der Waals surface area contributed by atoms with E-state index in [9.17, 15) is 0 Å². The zero-order valence-electron chi connectivity index (χ0n) is 11.9. The van der Waals surface area contributed by atoms with Gasteiger partial charge < -0.3 is 5.73 Å². The Morgan fingerprint density at radius 2 is 1.82 bits per heavy atom. The van der Waals surface area contributed by atoms with Gasteiger partial charge >= 0.3 is 0 Å². The Kier molecular flexibility index (Phi) is 4.52. The molecule has 0 heterocycles. The molecule has 0 bridgehead atoms. The molecule has 2 fully saturated rings. The van der Waals surface area contributed by atoms with Crippen LogP contribution in [0.3, 0.4) is 0 Å². The Morgan fingerprint density at radius 1 is 1.12 bits per heavy atom. The minimum atomic E-state index is 0.207. The van der Waals surface area contributed by atoms with Crippen LogP contribution in [0.2, 0.25) is 0 Å². The normalized spacial score (nSPS) is 43.6. The molecule has 2 atom stereocenters. The molecule has 0 amide bonds. The Morgan fingerprint density at radius 3 is 2.41 bits per heavy atom. The lowest BCUT2D eigenvalue weighted by Gasteiger charge is -2.45. The lowest BCUT2D eigenvalue weighted by atomic mass is 9.64. The molecule has 0 aromatic rings. The van der Waals surface area contributed by atoms with Crippen LogP contribution < -0.4 is 5.73 Å². The van der Waals surface area contributed by atoms with Gasteiger partial charge in [0.2, 0.25) is 0 Å². The molecule has 0 aromatic heterocycles. The van der Waals surface area contributed by atoms with E-state index in [0.717, 1.165) is 17.8 Å². The maximum Gasteiger partial charge on any atom is 0.0183 e. The zero-order chi connectivity index (χ0) is 12.3. The summed E-state index contributed by atoms with van der Waals surface area (Å²) >= 11 is 0. The highest BCUT2D eigenvalue weighted by atomic mass is 14.8. The second-order valence-electron chi connectivity index (χ2n) is 6.93. The number of nitrogens with two attached hydrogens (primary N) is 1. The topological polar surface area (TPSA) is 26.0 Å². The minimum Gasteiger partial charge on any atom is -0.325 e. The number of hydrogen-bond acceptors (Lipinski definition) is 1. The van der Waals surface area contributed by atoms with Crippen molar-refractivity contribution in [1.82, 2.24) is 0 Å². The van der Waals surface area contributed by atoms with Crippen LogP contribution in [0.5, 0.6) is 0 Å². The summed E-state index contributed by atoms with van der Waals surface area (Å²) in [6.45, 7) is 4.73. The van der Waals surface area contributed by atoms with Gasteiger partial charge in [0.1, 0.15) is 0 Å². The molecule has 0 spiro atoms. The molecule has 1 heteroatoms. The SMILES string of the molecule is CCCC1CCC(N)(C2CCCC(C)C2)CC1. The van der Waals surface area contributed by atoms with Gasteiger partial charge in [-0.25, -0.2) is 0 Å². The summed E-state index contributed by atoms with van der Waals surface area (Å²) in [7, 11) is 0. The van der Waals surface area contributed by atoms with E-state index in [1.54, 1.807) is 0 Å². The summed E-state index contributed by atoms with van der Waals surface area (Å²) < 4.78 is 0. The van der Waals surface area contributed by atoms with E-state index in [2.05, 4.69) is 13.8 Å². The molecule has 2 aliphatic carbocycles. The maximum atomic E-state index is 6.75. The van der Waals surface area contributed by atoms with E-state index in [0.29, 0.717) is 0 Å². The van der Waals surface area contributed by atoms with Gasteiger partial charge in [-0.1, -0.05) is 39.5 Å². The molecule has 17 heavy (non-hydrogen) atoms. The Labute approximate surface area is 108 Å². The summed E-state index contributed by atoms with van der Waals surface area (Å²) in [5.41, 5.74) is 6.96. The summed E-state index contributed by atoms with van der Waals surface area (Å²) in [4.78, 5) is 0. The zero-order valence-corrected chi connectivity index (χ0v) is 11.9. The van der Waals surface area contributed by atoms with Crippen LogP contribution >= 0.6 is 0 Å². The van der Waals surface area contributed by atoms with E-state index < -0.39 is 0 Å². The van der Waals surface area contributed by atoms with Gasteiger partial charge in [-0.05, 0) is 56.3 Å². The fourth-order valence-corrected chi connectivity index (χ4v) is 4.28. The van der Waals surface area contributed by atoms with Gasteiger partial charge in [-0.15, -0.1) is 0 Å². The lowest BCUT2D eigenvalue weighted by molar-refractivity contribution is 0.109. The van der Waals surface area contributed by atoms with E-state index in [1.807, 2.05) is 0 Å². The third-order valence-corrected chi connectivity index (χ3v) is 5.48. The molecule has 2 saturated carbocycles. The van der Waals surface area contributed by atoms with Gasteiger partial charge in [-0.2, -0.15) is 0 Å². The molecule has 0 aromatic carbocycles. The lowest BCUT2D eigenvalue weighted by Crippen LogP contribution is -2.51. The van der Waals surface area contributed by atoms with Crippen LogP contribution in [0.15, 0.2) is 0 Å². The van der Waals surface area contributed by atoms with Crippen LogP contribution in [0.1, 0.15) is 78.1 Å². The summed E-state index contributed by atoms with van der Waals surface area (Å²) in [5, 5.41) is 0. The first-order valence-electron chi connectivity index (χ1n) is 7.93. The van der Waals surface area contributed by atoms with Crippen molar-refractivity contribution in [1.29, 1.82) is 0 Å². The van der Waals surface area contributed by atoms with Crippen LogP contribution in [0.25, 0.3) is 0 Å². The molecule has 2 rings (SSSR count). The van der Waals surface area contributed by atoms with E-state index in [1.165, 1.54) is 64.2 Å². The second-order valence-corrected chi connectivity index (χ2v) is 6.93. The third-order valence-electron chi connectivity index (χ3n) is 5.48. The molecule has 0 aliphatic heterocycles. The van der Waals surface area contributed by atoms with E-state index in [4.69, 9.17) is 5.73 Å². The summed E-state index contributed by atoms with van der Waals surface area (Å²) in [5.74, 6) is 2.73. The molecule has 0 radical (unpaired) electrons. The minimum absolute atomic E-state index is 0.207. The molecule has 2 unspecified atom stereocenters. The average molecular weight is 237 g/mol. The standard InChI is InChI=1S/C16H31N/c1-3-5-14-8-10-16(17,11-9-14)15-7-4-6-13(2)12-15/h13-15H,3-12,17H2,1-2H3. The van der Waals surface area contributed by atoms with Crippen LogP contribution in [-0.2, 0) is 0 Å². The molecular formula is C16H31N. The van der Waals surface area contributed by atoms with Crippen molar-refractivity contribution in [3.8, 4) is 0 Å². The molecular weight excluding hydrogens is 206 g/mol. The van der Waals surface area contributed by atoms with Crippen molar-refractivity contribution >= 4 is 0 Å². The largest absolute Gasteiger partial charge is 0.325 e. The van der Waals surface area contributed by atoms with Crippen molar-refractivity contribution < 1.29 is 0 Å². The Hall–Kier alpha value is -0.0400. The van der Waals surface area contributed by atoms with Crippen molar-refractivity contribution in [2.24, 2.45) is 23.5 Å². The fourth-order valence-electron chi connectivity index (χ4n) is 4.28. The molecule has 2 aliphatic rings. The van der Waals surface area contributed by atoms with Crippen LogP contribution in [-0.4, -0.2) is 5.54 Å². The monoisotopic (exact) mass is 237 g/mol. The van der Waals surface area contributed by atoms with Gasteiger partial charge in [-0.3, -0.25) is 0 Å². The van der Waals surface area contributed by atoms with Gasteiger partial charge in [0.15, 0.2) is 0 Å². The highest BCUT2D eigenvalue weighted by Gasteiger charge is 2.39.